The summed E-state index contributed by atoms with van der Waals surface area (Å²) >= 11 is 5.83. The van der Waals surface area contributed by atoms with Crippen LogP contribution in [0.3, 0.4) is 0 Å². The normalized spacial score (nSPS) is 22.8. The van der Waals surface area contributed by atoms with Crippen molar-refractivity contribution in [2.75, 3.05) is 5.32 Å². The van der Waals surface area contributed by atoms with Crippen LogP contribution in [0.5, 0.6) is 11.6 Å². The van der Waals surface area contributed by atoms with Crippen molar-refractivity contribution < 1.29 is 37.0 Å². The summed E-state index contributed by atoms with van der Waals surface area (Å²) in [5.41, 5.74) is -0.724. The van der Waals surface area contributed by atoms with Crippen molar-refractivity contribution in [2.24, 2.45) is 11.8 Å². The Morgan fingerprint density at radius 3 is 2.52 bits per heavy atom. The molecular weight excluding hydrogens is 465 g/mol. The third kappa shape index (κ3) is 4.95. The predicted molar refractivity (Wildman–Crippen MR) is 110 cm³/mol. The number of amides is 1. The van der Waals surface area contributed by atoms with Crippen LogP contribution < -0.4 is 10.1 Å². The number of nitrogens with one attached hydrogen (secondary N) is 1. The van der Waals surface area contributed by atoms with Gasteiger partial charge in [0.05, 0.1) is 11.5 Å². The summed E-state index contributed by atoms with van der Waals surface area (Å²) in [5, 5.41) is 2.19. The van der Waals surface area contributed by atoms with Gasteiger partial charge in [0.15, 0.2) is 11.7 Å². The first-order valence-corrected chi connectivity index (χ1v) is 10.6. The van der Waals surface area contributed by atoms with Crippen LogP contribution in [-0.2, 0) is 25.3 Å². The van der Waals surface area contributed by atoms with Gasteiger partial charge in [0.25, 0.3) is 0 Å². The minimum Gasteiger partial charge on any atom is -0.461 e. The van der Waals surface area contributed by atoms with Crippen LogP contribution in [-0.4, -0.2) is 28.7 Å². The van der Waals surface area contributed by atoms with E-state index in [0.29, 0.717) is 25.1 Å². The number of ketones is 1. The van der Waals surface area contributed by atoms with Crippen molar-refractivity contribution in [1.29, 1.82) is 0 Å². The molecule has 1 aliphatic heterocycles. The summed E-state index contributed by atoms with van der Waals surface area (Å²) in [7, 11) is 0. The molecule has 2 aromatic rings. The number of Topliss-reactive ketones (excluding diaryl/α,β-unsaturated/α-hetero) is 1. The molecule has 2 aliphatic rings. The summed E-state index contributed by atoms with van der Waals surface area (Å²) in [5.74, 6) is -4.05. The van der Waals surface area contributed by atoms with E-state index in [2.05, 4.69) is 10.3 Å². The number of ether oxygens (including phenoxy) is 2. The van der Waals surface area contributed by atoms with E-state index in [4.69, 9.17) is 21.1 Å². The highest BCUT2D eigenvalue weighted by Crippen LogP contribution is 2.36. The first-order chi connectivity index (χ1) is 15.6. The molecule has 4 rings (SSSR count). The van der Waals surface area contributed by atoms with Gasteiger partial charge in [-0.3, -0.25) is 14.4 Å². The quantitative estimate of drug-likeness (QED) is 0.497. The second kappa shape index (κ2) is 9.01. The number of carbonyl (C=O) groups excluding carboxylic acids is 3. The third-order valence-electron chi connectivity index (χ3n) is 5.59. The molecule has 0 radical (unpaired) electrons. The maximum absolute atomic E-state index is 12.7. The lowest BCUT2D eigenvalue weighted by molar-refractivity contribution is -0.174. The van der Waals surface area contributed by atoms with Crippen LogP contribution in [0.2, 0.25) is 5.02 Å². The highest BCUT2D eigenvalue weighted by Gasteiger charge is 2.49. The van der Waals surface area contributed by atoms with Gasteiger partial charge in [0.2, 0.25) is 11.8 Å². The fraction of sp³-hybridized carbons (Fsp3) is 0.364. The zero-order valence-electron chi connectivity index (χ0n) is 17.0. The first-order valence-electron chi connectivity index (χ1n) is 10.2. The molecule has 1 aliphatic carbocycles. The van der Waals surface area contributed by atoms with Crippen LogP contribution in [0, 0.1) is 11.8 Å². The maximum Gasteiger partial charge on any atom is 0.417 e. The van der Waals surface area contributed by atoms with Crippen molar-refractivity contribution in [1.82, 2.24) is 4.98 Å². The lowest BCUT2D eigenvalue weighted by atomic mass is 9.77. The number of benzene rings is 1. The smallest absolute Gasteiger partial charge is 0.417 e. The number of fused-ring (bicyclic) bond motifs is 1. The average Bonchev–Trinajstić information content (AvgIpc) is 2.76. The van der Waals surface area contributed by atoms with Gasteiger partial charge in [0.1, 0.15) is 16.9 Å². The number of rotatable bonds is 4. The van der Waals surface area contributed by atoms with E-state index in [-0.39, 0.29) is 22.3 Å². The summed E-state index contributed by atoms with van der Waals surface area (Å²) in [6.07, 6.45) is -1.50. The van der Waals surface area contributed by atoms with Crippen LogP contribution in [0.15, 0.2) is 36.5 Å². The summed E-state index contributed by atoms with van der Waals surface area (Å²) in [6.45, 7) is 0. The Labute approximate surface area is 191 Å². The Morgan fingerprint density at radius 2 is 1.85 bits per heavy atom. The molecule has 1 saturated heterocycles. The molecule has 1 N–H and O–H groups in total. The molecule has 1 saturated carbocycles. The van der Waals surface area contributed by atoms with Gasteiger partial charge in [-0.15, -0.1) is 0 Å². The summed E-state index contributed by atoms with van der Waals surface area (Å²) < 4.78 is 48.9. The SMILES string of the molecule is O=C(Nc1ccc(Oc2ncc(C(F)(F)F)cc2Cl)cc1)C1C(=O)OC2CCCCC2C1=O. The molecule has 1 aromatic carbocycles. The number of nitrogens with zero attached hydrogens (tertiary/aromatic N) is 1. The molecule has 2 heterocycles. The van der Waals surface area contributed by atoms with E-state index in [1.165, 1.54) is 24.3 Å². The van der Waals surface area contributed by atoms with Crippen LogP contribution in [0.4, 0.5) is 18.9 Å². The van der Waals surface area contributed by atoms with Crippen LogP contribution >= 0.6 is 11.6 Å². The number of halogens is 4. The monoisotopic (exact) mass is 482 g/mol. The van der Waals surface area contributed by atoms with Crippen LogP contribution in [0.1, 0.15) is 31.2 Å². The Kier molecular flexibility index (Phi) is 6.29. The standard InChI is InChI=1S/C22H18ClF3N2O5/c23-15-9-11(22(24,25)26)10-27-20(15)32-13-7-5-12(6-8-13)28-19(30)17-18(29)14-3-1-2-4-16(14)33-21(17)31/h5-10,14,16-17H,1-4H2,(H,28,30). The molecule has 2 fully saturated rings. The number of carbonyl (C=O) groups is 3. The Morgan fingerprint density at radius 1 is 1.15 bits per heavy atom. The molecule has 0 spiro atoms. The fourth-order valence-electron chi connectivity index (χ4n) is 3.93. The first kappa shape index (κ1) is 23.0. The number of alkyl halides is 3. The molecule has 3 atom stereocenters. The molecule has 1 aromatic heterocycles. The van der Waals surface area contributed by atoms with E-state index in [9.17, 15) is 27.6 Å². The van der Waals surface area contributed by atoms with Crippen molar-refractivity contribution in [3.8, 4) is 11.6 Å². The number of aromatic nitrogens is 1. The van der Waals surface area contributed by atoms with Crippen molar-refractivity contribution in [3.63, 3.8) is 0 Å². The van der Waals surface area contributed by atoms with Gasteiger partial charge in [-0.2, -0.15) is 13.2 Å². The molecule has 3 unspecified atom stereocenters. The largest absolute Gasteiger partial charge is 0.461 e. The Bertz CT molecular complexity index is 1090. The van der Waals surface area contributed by atoms with Gasteiger partial charge < -0.3 is 14.8 Å². The molecule has 174 valence electrons. The van der Waals surface area contributed by atoms with E-state index < -0.39 is 47.3 Å². The lowest BCUT2D eigenvalue weighted by Gasteiger charge is -2.36. The van der Waals surface area contributed by atoms with Gasteiger partial charge in [0, 0.05) is 11.9 Å². The number of pyridine rings is 1. The zero-order chi connectivity index (χ0) is 23.8. The van der Waals surface area contributed by atoms with Gasteiger partial charge in [-0.1, -0.05) is 18.0 Å². The number of hydrogen-bond acceptors (Lipinski definition) is 6. The van der Waals surface area contributed by atoms with Gasteiger partial charge in [-0.25, -0.2) is 4.98 Å². The molecule has 7 nitrogen and oxygen atoms in total. The van der Waals surface area contributed by atoms with E-state index in [1.54, 1.807) is 0 Å². The van der Waals surface area contributed by atoms with Gasteiger partial charge >= 0.3 is 12.1 Å². The average molecular weight is 483 g/mol. The number of esters is 1. The maximum atomic E-state index is 12.7. The highest BCUT2D eigenvalue weighted by atomic mass is 35.5. The molecular formula is C22H18ClF3N2O5. The van der Waals surface area contributed by atoms with Crippen molar-refractivity contribution in [3.05, 3.63) is 47.1 Å². The molecule has 11 heteroatoms. The highest BCUT2D eigenvalue weighted by molar-refractivity contribution is 6.31. The Balaban J connectivity index is 1.41. The number of hydrogen-bond donors (Lipinski definition) is 1. The van der Waals surface area contributed by atoms with Gasteiger partial charge in [-0.05, 0) is 49.6 Å². The van der Waals surface area contributed by atoms with Crippen molar-refractivity contribution in [2.45, 2.75) is 38.0 Å². The van der Waals surface area contributed by atoms with E-state index >= 15 is 0 Å². The summed E-state index contributed by atoms with van der Waals surface area (Å²) in [6, 6.07) is 6.42. The van der Waals surface area contributed by atoms with E-state index in [0.717, 1.165) is 12.8 Å². The second-order valence-corrected chi connectivity index (χ2v) is 8.23. The van der Waals surface area contributed by atoms with Crippen LogP contribution in [0.25, 0.3) is 0 Å². The number of anilines is 1. The third-order valence-corrected chi connectivity index (χ3v) is 5.86. The topological polar surface area (TPSA) is 94.6 Å². The predicted octanol–water partition coefficient (Wildman–Crippen LogP) is 4.79. The minimum absolute atomic E-state index is 0.195. The van der Waals surface area contributed by atoms with Crippen molar-refractivity contribution >= 4 is 34.9 Å². The lowest BCUT2D eigenvalue weighted by Crippen LogP contribution is -2.51. The molecule has 33 heavy (non-hydrogen) atoms. The zero-order valence-corrected chi connectivity index (χ0v) is 17.8. The molecule has 0 bridgehead atoms. The van der Waals surface area contributed by atoms with E-state index in [1.807, 2.05) is 0 Å². The second-order valence-electron chi connectivity index (χ2n) is 7.83. The molecule has 1 amide bonds. The fourth-order valence-corrected chi connectivity index (χ4v) is 4.14. The minimum atomic E-state index is -4.58. The Hall–Kier alpha value is -3.14. The summed E-state index contributed by atoms with van der Waals surface area (Å²) in [4.78, 5) is 41.2.